The second kappa shape index (κ2) is 10.2. The number of aliphatic carboxylic acids is 1. The standard InChI is InChI=1S/C15H31NO3/c1-5-8-9-13(7-3)11-19-12-15(4,14(17)18)16-10-6-2/h13,16H,5-12H2,1-4H3,(H,17,18). The second-order valence-electron chi connectivity index (χ2n) is 5.50. The number of carbonyl (C=O) groups is 1. The van der Waals surface area contributed by atoms with E-state index >= 15 is 0 Å². The molecule has 0 aliphatic rings. The number of carboxylic acid groups (broad SMARTS) is 1. The van der Waals surface area contributed by atoms with Crippen molar-refractivity contribution in [3.8, 4) is 0 Å². The predicted molar refractivity (Wildman–Crippen MR) is 78.5 cm³/mol. The average Bonchev–Trinajstić information content (AvgIpc) is 2.40. The smallest absolute Gasteiger partial charge is 0.326 e. The maximum Gasteiger partial charge on any atom is 0.326 e. The zero-order valence-corrected chi connectivity index (χ0v) is 13.0. The van der Waals surface area contributed by atoms with Crippen molar-refractivity contribution in [2.24, 2.45) is 5.92 Å². The summed E-state index contributed by atoms with van der Waals surface area (Å²) in [6, 6.07) is 0. The van der Waals surface area contributed by atoms with Gasteiger partial charge in [-0.2, -0.15) is 0 Å². The van der Waals surface area contributed by atoms with Crippen LogP contribution in [0.25, 0.3) is 0 Å². The van der Waals surface area contributed by atoms with Crippen molar-refractivity contribution in [2.75, 3.05) is 19.8 Å². The summed E-state index contributed by atoms with van der Waals surface area (Å²) in [6.07, 6.45) is 5.58. The van der Waals surface area contributed by atoms with E-state index in [0.717, 1.165) is 12.8 Å². The summed E-state index contributed by atoms with van der Waals surface area (Å²) in [5.74, 6) is -0.299. The maximum absolute atomic E-state index is 11.3. The van der Waals surface area contributed by atoms with Crippen molar-refractivity contribution in [3.63, 3.8) is 0 Å². The zero-order valence-electron chi connectivity index (χ0n) is 13.0. The number of nitrogens with one attached hydrogen (secondary N) is 1. The molecule has 0 heterocycles. The maximum atomic E-state index is 11.3. The summed E-state index contributed by atoms with van der Waals surface area (Å²) in [5.41, 5.74) is -0.973. The van der Waals surface area contributed by atoms with E-state index < -0.39 is 11.5 Å². The van der Waals surface area contributed by atoms with Crippen LogP contribution in [0.4, 0.5) is 0 Å². The fourth-order valence-corrected chi connectivity index (χ4v) is 1.92. The lowest BCUT2D eigenvalue weighted by molar-refractivity contribution is -0.147. The molecule has 0 aromatic carbocycles. The Labute approximate surface area is 117 Å². The minimum Gasteiger partial charge on any atom is -0.480 e. The Hall–Kier alpha value is -0.610. The molecule has 0 saturated carbocycles. The van der Waals surface area contributed by atoms with Crippen LogP contribution in [-0.4, -0.2) is 36.4 Å². The topological polar surface area (TPSA) is 58.6 Å². The van der Waals surface area contributed by atoms with Crippen LogP contribution in [0.3, 0.4) is 0 Å². The van der Waals surface area contributed by atoms with Gasteiger partial charge in [0.15, 0.2) is 0 Å². The third-order valence-electron chi connectivity index (χ3n) is 3.52. The van der Waals surface area contributed by atoms with Gasteiger partial charge in [-0.05, 0) is 32.2 Å². The first-order chi connectivity index (χ1) is 9.00. The number of ether oxygens (including phenoxy) is 1. The van der Waals surface area contributed by atoms with Gasteiger partial charge in [-0.15, -0.1) is 0 Å². The molecule has 0 rings (SSSR count). The van der Waals surface area contributed by atoms with E-state index in [1.807, 2.05) is 6.92 Å². The molecule has 0 aromatic heterocycles. The summed E-state index contributed by atoms with van der Waals surface area (Å²) in [5, 5.41) is 12.3. The zero-order chi connectivity index (χ0) is 14.7. The van der Waals surface area contributed by atoms with E-state index in [0.29, 0.717) is 19.1 Å². The summed E-state index contributed by atoms with van der Waals surface area (Å²) < 4.78 is 5.66. The first kappa shape index (κ1) is 18.4. The number of carboxylic acids is 1. The molecule has 0 radical (unpaired) electrons. The molecule has 0 fully saturated rings. The third-order valence-corrected chi connectivity index (χ3v) is 3.52. The molecule has 19 heavy (non-hydrogen) atoms. The molecule has 2 atom stereocenters. The summed E-state index contributed by atoms with van der Waals surface area (Å²) in [4.78, 5) is 11.3. The molecule has 0 saturated heterocycles. The fourth-order valence-electron chi connectivity index (χ4n) is 1.92. The first-order valence-electron chi connectivity index (χ1n) is 7.56. The Kier molecular flexibility index (Phi) is 9.88. The predicted octanol–water partition coefficient (Wildman–Crippen LogP) is 3.06. The highest BCUT2D eigenvalue weighted by Gasteiger charge is 2.32. The monoisotopic (exact) mass is 273 g/mol. The molecule has 4 nitrogen and oxygen atoms in total. The van der Waals surface area contributed by atoms with E-state index in [1.165, 1.54) is 19.3 Å². The molecule has 0 amide bonds. The lowest BCUT2D eigenvalue weighted by Gasteiger charge is -2.27. The van der Waals surface area contributed by atoms with Gasteiger partial charge in [0, 0.05) is 6.61 Å². The van der Waals surface area contributed by atoms with Gasteiger partial charge in [0.2, 0.25) is 0 Å². The molecule has 2 N–H and O–H groups in total. The van der Waals surface area contributed by atoms with Crippen molar-refractivity contribution in [2.45, 2.75) is 65.3 Å². The van der Waals surface area contributed by atoms with Crippen LogP contribution in [0.5, 0.6) is 0 Å². The SMILES string of the molecule is CCCCC(CC)COCC(C)(NCCC)C(=O)O. The van der Waals surface area contributed by atoms with Gasteiger partial charge in [-0.25, -0.2) is 0 Å². The lowest BCUT2D eigenvalue weighted by atomic mass is 10.00. The number of hydrogen-bond acceptors (Lipinski definition) is 3. The van der Waals surface area contributed by atoms with E-state index in [4.69, 9.17) is 4.74 Å². The number of hydrogen-bond donors (Lipinski definition) is 2. The normalized spacial score (nSPS) is 16.0. The number of rotatable bonds is 12. The first-order valence-corrected chi connectivity index (χ1v) is 7.56. The van der Waals surface area contributed by atoms with Crippen LogP contribution in [-0.2, 0) is 9.53 Å². The molecule has 4 heteroatoms. The van der Waals surface area contributed by atoms with Crippen LogP contribution in [0.2, 0.25) is 0 Å². The summed E-state index contributed by atoms with van der Waals surface area (Å²) in [6.45, 7) is 9.64. The van der Waals surface area contributed by atoms with Crippen LogP contribution >= 0.6 is 0 Å². The van der Waals surface area contributed by atoms with Gasteiger partial charge in [0.05, 0.1) is 6.61 Å². The average molecular weight is 273 g/mol. The van der Waals surface area contributed by atoms with E-state index in [-0.39, 0.29) is 6.61 Å². The van der Waals surface area contributed by atoms with Crippen molar-refractivity contribution < 1.29 is 14.6 Å². The minimum atomic E-state index is -0.973. The number of unbranched alkanes of at least 4 members (excludes halogenated alkanes) is 1. The van der Waals surface area contributed by atoms with Gasteiger partial charge in [0.25, 0.3) is 0 Å². The Bertz CT molecular complexity index is 246. The molecular formula is C15H31NO3. The van der Waals surface area contributed by atoms with Crippen LogP contribution in [0.15, 0.2) is 0 Å². The van der Waals surface area contributed by atoms with Crippen LogP contribution < -0.4 is 5.32 Å². The minimum absolute atomic E-state index is 0.227. The highest BCUT2D eigenvalue weighted by atomic mass is 16.5. The van der Waals surface area contributed by atoms with Crippen LogP contribution in [0, 0.1) is 5.92 Å². The van der Waals surface area contributed by atoms with Crippen molar-refractivity contribution in [1.29, 1.82) is 0 Å². The second-order valence-corrected chi connectivity index (χ2v) is 5.50. The Morgan fingerprint density at radius 1 is 1.32 bits per heavy atom. The fraction of sp³-hybridized carbons (Fsp3) is 0.933. The van der Waals surface area contributed by atoms with E-state index in [1.54, 1.807) is 6.92 Å². The molecule has 2 unspecified atom stereocenters. The highest BCUT2D eigenvalue weighted by molar-refractivity contribution is 5.78. The van der Waals surface area contributed by atoms with Crippen molar-refractivity contribution >= 4 is 5.97 Å². The lowest BCUT2D eigenvalue weighted by Crippen LogP contribution is -2.53. The third kappa shape index (κ3) is 7.53. The van der Waals surface area contributed by atoms with E-state index in [2.05, 4.69) is 19.2 Å². The molecule has 114 valence electrons. The summed E-state index contributed by atoms with van der Waals surface area (Å²) in [7, 11) is 0. The Morgan fingerprint density at radius 2 is 2.00 bits per heavy atom. The molecule has 0 aromatic rings. The quantitative estimate of drug-likeness (QED) is 0.574. The van der Waals surface area contributed by atoms with Crippen molar-refractivity contribution in [3.05, 3.63) is 0 Å². The van der Waals surface area contributed by atoms with Crippen molar-refractivity contribution in [1.82, 2.24) is 5.32 Å². The summed E-state index contributed by atoms with van der Waals surface area (Å²) >= 11 is 0. The van der Waals surface area contributed by atoms with Gasteiger partial charge < -0.3 is 15.2 Å². The van der Waals surface area contributed by atoms with Crippen LogP contribution in [0.1, 0.15) is 59.8 Å². The Morgan fingerprint density at radius 3 is 2.47 bits per heavy atom. The largest absolute Gasteiger partial charge is 0.480 e. The molecular weight excluding hydrogens is 242 g/mol. The highest BCUT2D eigenvalue weighted by Crippen LogP contribution is 2.14. The molecule has 0 bridgehead atoms. The van der Waals surface area contributed by atoms with Gasteiger partial charge in [-0.1, -0.05) is 40.0 Å². The van der Waals surface area contributed by atoms with Gasteiger partial charge in [-0.3, -0.25) is 4.79 Å². The van der Waals surface area contributed by atoms with E-state index in [9.17, 15) is 9.90 Å². The molecule has 0 aliphatic heterocycles. The van der Waals surface area contributed by atoms with Gasteiger partial charge in [0.1, 0.15) is 5.54 Å². The molecule has 0 aliphatic carbocycles. The van der Waals surface area contributed by atoms with Gasteiger partial charge >= 0.3 is 5.97 Å². The Balaban J connectivity index is 4.13. The molecule has 0 spiro atoms.